The number of hydrogen-bond acceptors (Lipinski definition) is 2. The van der Waals surface area contributed by atoms with Crippen LogP contribution >= 0.6 is 7.82 Å². The van der Waals surface area contributed by atoms with Crippen molar-refractivity contribution in [1.82, 2.24) is 4.57 Å². The number of hydrogen-bond donors (Lipinski definition) is 2. The Morgan fingerprint density at radius 3 is 1.55 bits per heavy atom. The summed E-state index contributed by atoms with van der Waals surface area (Å²) in [6, 6.07) is 34.7. The van der Waals surface area contributed by atoms with E-state index in [1.165, 1.54) is 44.1 Å². The first kappa shape index (κ1) is 26.4. The van der Waals surface area contributed by atoms with Crippen LogP contribution in [0.25, 0.3) is 44.1 Å². The Morgan fingerprint density at radius 2 is 1.05 bits per heavy atom. The van der Waals surface area contributed by atoms with Crippen LogP contribution in [0.4, 0.5) is 0 Å². The van der Waals surface area contributed by atoms with Crippen LogP contribution in [-0.4, -0.2) is 21.0 Å². The average molecular weight is 528 g/mol. The van der Waals surface area contributed by atoms with Gasteiger partial charge in [-0.15, -0.1) is 0 Å². The minimum Gasteiger partial charge on any atom is -0.340 e. The third-order valence-electron chi connectivity index (χ3n) is 7.11. The van der Waals surface area contributed by atoms with Crippen molar-refractivity contribution in [3.63, 3.8) is 0 Å². The summed E-state index contributed by atoms with van der Waals surface area (Å²) in [7, 11) is -4.34. The van der Waals surface area contributed by atoms with Crippen LogP contribution < -0.4 is 0 Å². The lowest BCUT2D eigenvalue weighted by atomic mass is 10.0. The fraction of sp³-hybridized carbons (Fsp3) is 0.250. The van der Waals surface area contributed by atoms with Crippen molar-refractivity contribution < 1.29 is 18.9 Å². The predicted molar refractivity (Wildman–Crippen MR) is 156 cm³/mol. The molecule has 196 valence electrons. The minimum absolute atomic E-state index is 0.113. The molecule has 0 radical (unpaired) electrons. The number of nitrogens with zero attached hydrogens (tertiary/aromatic N) is 1. The molecule has 5 aromatic rings. The summed E-state index contributed by atoms with van der Waals surface area (Å²) < 4.78 is 17.7. The van der Waals surface area contributed by atoms with Gasteiger partial charge >= 0.3 is 7.82 Å². The number of unbranched alkanes of at least 4 members (excludes halogenated alkanes) is 5. The van der Waals surface area contributed by atoms with Crippen molar-refractivity contribution in [2.24, 2.45) is 0 Å². The maximum absolute atomic E-state index is 10.8. The lowest BCUT2D eigenvalue weighted by Gasteiger charge is -2.09. The molecule has 0 aliphatic carbocycles. The fourth-order valence-corrected chi connectivity index (χ4v) is 5.59. The molecule has 4 aromatic carbocycles. The van der Waals surface area contributed by atoms with Crippen molar-refractivity contribution in [3.8, 4) is 22.3 Å². The highest BCUT2D eigenvalue weighted by Gasteiger charge is 2.14. The van der Waals surface area contributed by atoms with Gasteiger partial charge in [0.05, 0.1) is 6.61 Å². The highest BCUT2D eigenvalue weighted by atomic mass is 31.2. The second-order valence-electron chi connectivity index (χ2n) is 9.79. The molecule has 1 heterocycles. The summed E-state index contributed by atoms with van der Waals surface area (Å²) in [4.78, 5) is 17.5. The van der Waals surface area contributed by atoms with E-state index in [-0.39, 0.29) is 6.61 Å². The van der Waals surface area contributed by atoms with E-state index in [0.29, 0.717) is 6.42 Å². The Morgan fingerprint density at radius 1 is 0.579 bits per heavy atom. The summed E-state index contributed by atoms with van der Waals surface area (Å²) in [6.45, 7) is 1.07. The SMILES string of the molecule is O=P(O)(O)OCCCCCCCCn1c2ccc(-c3ccccc3)cc2c2cc(-c3ccccc3)ccc21. The zero-order chi connectivity index (χ0) is 26.4. The molecule has 0 saturated carbocycles. The number of phosphoric acid groups is 1. The Kier molecular flexibility index (Phi) is 8.41. The van der Waals surface area contributed by atoms with Gasteiger partial charge in [0.2, 0.25) is 0 Å². The molecule has 0 bridgehead atoms. The standard InChI is InChI=1S/C32H34NO4P/c34-38(35,36)37-22-12-4-2-1-3-11-21-33-31-19-17-27(25-13-7-5-8-14-25)23-29(31)30-24-28(18-20-32(30)33)26-15-9-6-10-16-26/h5-10,13-20,23-24H,1-4,11-12,21-22H2,(H2,34,35,36). The first-order valence-electron chi connectivity index (χ1n) is 13.4. The van der Waals surface area contributed by atoms with Crippen LogP contribution in [-0.2, 0) is 15.6 Å². The molecule has 38 heavy (non-hydrogen) atoms. The Balaban J connectivity index is 1.35. The van der Waals surface area contributed by atoms with Gasteiger partial charge in [-0.1, -0.05) is 98.5 Å². The molecule has 0 unspecified atom stereocenters. The van der Waals surface area contributed by atoms with Gasteiger partial charge in [0, 0.05) is 28.4 Å². The smallest absolute Gasteiger partial charge is 0.340 e. The van der Waals surface area contributed by atoms with Crippen LogP contribution in [0.15, 0.2) is 97.1 Å². The molecule has 5 rings (SSSR count). The van der Waals surface area contributed by atoms with Crippen LogP contribution in [0, 0.1) is 0 Å². The minimum atomic E-state index is -4.34. The molecular formula is C32H34NO4P. The van der Waals surface area contributed by atoms with Crippen LogP contribution in [0.2, 0.25) is 0 Å². The van der Waals surface area contributed by atoms with Gasteiger partial charge < -0.3 is 14.4 Å². The van der Waals surface area contributed by atoms with Crippen LogP contribution in [0.3, 0.4) is 0 Å². The Labute approximate surface area is 223 Å². The number of phosphoric ester groups is 1. The summed E-state index contributed by atoms with van der Waals surface area (Å²) >= 11 is 0. The van der Waals surface area contributed by atoms with Gasteiger partial charge in [0.15, 0.2) is 0 Å². The Bertz CT molecular complexity index is 1440. The molecule has 0 fully saturated rings. The molecule has 0 amide bonds. The highest BCUT2D eigenvalue weighted by Crippen LogP contribution is 2.36. The van der Waals surface area contributed by atoms with Crippen molar-refractivity contribution in [3.05, 3.63) is 97.1 Å². The van der Waals surface area contributed by atoms with Gasteiger partial charge in [-0.05, 0) is 59.4 Å². The molecule has 0 aliphatic heterocycles. The average Bonchev–Trinajstić information content (AvgIpc) is 3.24. The summed E-state index contributed by atoms with van der Waals surface area (Å²) in [5.74, 6) is 0. The number of rotatable bonds is 12. The molecule has 0 atom stereocenters. The molecule has 2 N–H and O–H groups in total. The van der Waals surface area contributed by atoms with E-state index in [2.05, 4.69) is 106 Å². The van der Waals surface area contributed by atoms with E-state index >= 15 is 0 Å². The van der Waals surface area contributed by atoms with E-state index in [0.717, 1.165) is 38.6 Å². The van der Waals surface area contributed by atoms with Gasteiger partial charge in [-0.2, -0.15) is 0 Å². The monoisotopic (exact) mass is 527 g/mol. The summed E-state index contributed by atoms with van der Waals surface area (Å²) in [5, 5.41) is 2.56. The van der Waals surface area contributed by atoms with E-state index in [9.17, 15) is 4.57 Å². The predicted octanol–water partition coefficient (Wildman–Crippen LogP) is 8.58. The fourth-order valence-electron chi connectivity index (χ4n) is 5.23. The number of aromatic nitrogens is 1. The molecular weight excluding hydrogens is 493 g/mol. The first-order chi connectivity index (χ1) is 18.5. The maximum Gasteiger partial charge on any atom is 0.469 e. The van der Waals surface area contributed by atoms with E-state index in [4.69, 9.17) is 9.79 Å². The lowest BCUT2D eigenvalue weighted by molar-refractivity contribution is 0.193. The second kappa shape index (κ2) is 12.1. The number of aryl methyl sites for hydroxylation is 1. The van der Waals surface area contributed by atoms with E-state index in [1.807, 2.05) is 0 Å². The van der Waals surface area contributed by atoms with Crippen molar-refractivity contribution in [2.75, 3.05) is 6.61 Å². The number of fused-ring (bicyclic) bond motifs is 3. The third-order valence-corrected chi connectivity index (χ3v) is 7.63. The second-order valence-corrected chi connectivity index (χ2v) is 11.0. The molecule has 0 aliphatic rings. The highest BCUT2D eigenvalue weighted by molar-refractivity contribution is 7.46. The van der Waals surface area contributed by atoms with Gasteiger partial charge in [0.1, 0.15) is 0 Å². The maximum atomic E-state index is 10.8. The zero-order valence-electron chi connectivity index (χ0n) is 21.5. The molecule has 1 aromatic heterocycles. The van der Waals surface area contributed by atoms with Gasteiger partial charge in [-0.25, -0.2) is 4.57 Å². The largest absolute Gasteiger partial charge is 0.469 e. The summed E-state index contributed by atoms with van der Waals surface area (Å²) in [6.07, 6.45) is 5.93. The van der Waals surface area contributed by atoms with Crippen molar-refractivity contribution >= 4 is 29.6 Å². The zero-order valence-corrected chi connectivity index (χ0v) is 22.4. The third kappa shape index (κ3) is 6.43. The van der Waals surface area contributed by atoms with E-state index < -0.39 is 7.82 Å². The summed E-state index contributed by atoms with van der Waals surface area (Å²) in [5.41, 5.74) is 7.43. The molecule has 6 heteroatoms. The van der Waals surface area contributed by atoms with Gasteiger partial charge in [0.25, 0.3) is 0 Å². The molecule has 5 nitrogen and oxygen atoms in total. The first-order valence-corrected chi connectivity index (χ1v) is 14.9. The number of benzene rings is 4. The van der Waals surface area contributed by atoms with E-state index in [1.54, 1.807) is 0 Å². The quantitative estimate of drug-likeness (QED) is 0.126. The van der Waals surface area contributed by atoms with Gasteiger partial charge in [-0.3, -0.25) is 4.52 Å². The lowest BCUT2D eigenvalue weighted by Crippen LogP contribution is -1.98. The Hall–Kier alpha value is -3.21. The van der Waals surface area contributed by atoms with Crippen molar-refractivity contribution in [2.45, 2.75) is 45.1 Å². The topological polar surface area (TPSA) is 71.7 Å². The van der Waals surface area contributed by atoms with Crippen LogP contribution in [0.5, 0.6) is 0 Å². The van der Waals surface area contributed by atoms with Crippen LogP contribution in [0.1, 0.15) is 38.5 Å². The normalized spacial score (nSPS) is 11.9. The van der Waals surface area contributed by atoms with Crippen molar-refractivity contribution in [1.29, 1.82) is 0 Å². The molecule has 0 spiro atoms. The molecule has 0 saturated heterocycles.